The summed E-state index contributed by atoms with van der Waals surface area (Å²) in [6.45, 7) is 7.86. The summed E-state index contributed by atoms with van der Waals surface area (Å²) in [5.41, 5.74) is 2.82. The van der Waals surface area contributed by atoms with Crippen molar-refractivity contribution < 1.29 is 4.74 Å². The summed E-state index contributed by atoms with van der Waals surface area (Å²) in [6.07, 6.45) is 17.4. The van der Waals surface area contributed by atoms with Gasteiger partial charge in [0.05, 0.1) is 11.0 Å². The SMILES string of the molecule is CCCCCCCCCCCCOCn1c(=N)n(CCN2CCCCC2)c2ccccc21.Cl. The molecule has 2 aromatic rings. The summed E-state index contributed by atoms with van der Waals surface area (Å²) in [5, 5.41) is 8.77. The molecule has 1 aromatic carbocycles. The van der Waals surface area contributed by atoms with Crippen molar-refractivity contribution in [1.29, 1.82) is 5.41 Å². The zero-order chi connectivity index (χ0) is 22.4. The first kappa shape index (κ1) is 27.9. The Labute approximate surface area is 207 Å². The van der Waals surface area contributed by atoms with Gasteiger partial charge in [-0.25, -0.2) is 0 Å². The summed E-state index contributed by atoms with van der Waals surface area (Å²) in [5.74, 6) is 0. The molecular weight excluding hydrogens is 432 g/mol. The largest absolute Gasteiger partial charge is 0.361 e. The van der Waals surface area contributed by atoms with Crippen LogP contribution in [-0.4, -0.2) is 40.3 Å². The number of hydrogen-bond donors (Lipinski definition) is 1. The van der Waals surface area contributed by atoms with Gasteiger partial charge in [0.15, 0.2) is 0 Å². The molecule has 0 amide bonds. The van der Waals surface area contributed by atoms with Crippen LogP contribution in [0.2, 0.25) is 0 Å². The number of piperidine rings is 1. The molecule has 0 bridgehead atoms. The lowest BCUT2D eigenvalue weighted by Crippen LogP contribution is -2.35. The molecule has 1 saturated heterocycles. The van der Waals surface area contributed by atoms with Gasteiger partial charge in [-0.2, -0.15) is 0 Å². The van der Waals surface area contributed by atoms with E-state index in [9.17, 15) is 0 Å². The number of likely N-dealkylation sites (tertiary alicyclic amines) is 1. The maximum absolute atomic E-state index is 8.77. The number of unbranched alkanes of at least 4 members (excludes halogenated alkanes) is 9. The van der Waals surface area contributed by atoms with E-state index in [1.54, 1.807) is 0 Å². The second-order valence-corrected chi connectivity index (χ2v) is 9.51. The summed E-state index contributed by atoms with van der Waals surface area (Å²) < 4.78 is 10.2. The van der Waals surface area contributed by atoms with Crippen molar-refractivity contribution in [2.45, 2.75) is 104 Å². The highest BCUT2D eigenvalue weighted by molar-refractivity contribution is 5.85. The fourth-order valence-electron chi connectivity index (χ4n) is 4.92. The van der Waals surface area contributed by atoms with Crippen molar-refractivity contribution in [3.8, 4) is 0 Å². The highest BCUT2D eigenvalue weighted by Crippen LogP contribution is 2.15. The van der Waals surface area contributed by atoms with Crippen LogP contribution in [0.4, 0.5) is 0 Å². The monoisotopic (exact) mass is 478 g/mol. The predicted octanol–water partition coefficient (Wildman–Crippen LogP) is 6.72. The molecule has 3 rings (SSSR count). The maximum Gasteiger partial charge on any atom is 0.204 e. The zero-order valence-electron chi connectivity index (χ0n) is 20.9. The Kier molecular flexibility index (Phi) is 13.8. The van der Waals surface area contributed by atoms with E-state index in [4.69, 9.17) is 10.1 Å². The Morgan fingerprint density at radius 2 is 1.33 bits per heavy atom. The molecule has 1 fully saturated rings. The molecule has 5 nitrogen and oxygen atoms in total. The molecule has 0 radical (unpaired) electrons. The van der Waals surface area contributed by atoms with Crippen molar-refractivity contribution >= 4 is 23.4 Å². The van der Waals surface area contributed by atoms with Gasteiger partial charge in [-0.1, -0.05) is 83.3 Å². The first-order chi connectivity index (χ1) is 15.8. The molecule has 0 unspecified atom stereocenters. The fraction of sp³-hybridized carbons (Fsp3) is 0.741. The molecule has 2 heterocycles. The van der Waals surface area contributed by atoms with Gasteiger partial charge >= 0.3 is 0 Å². The van der Waals surface area contributed by atoms with Gasteiger partial charge in [-0.05, 0) is 44.5 Å². The molecule has 1 aliphatic rings. The summed E-state index contributed by atoms with van der Waals surface area (Å²) >= 11 is 0. The number of para-hydroxylation sites is 2. The molecule has 33 heavy (non-hydrogen) atoms. The second-order valence-electron chi connectivity index (χ2n) is 9.51. The van der Waals surface area contributed by atoms with Crippen LogP contribution in [-0.2, 0) is 18.0 Å². The van der Waals surface area contributed by atoms with Gasteiger partial charge in [-0.15, -0.1) is 12.4 Å². The third-order valence-electron chi connectivity index (χ3n) is 6.93. The first-order valence-corrected chi connectivity index (χ1v) is 13.3. The van der Waals surface area contributed by atoms with E-state index in [-0.39, 0.29) is 12.4 Å². The Morgan fingerprint density at radius 1 is 0.758 bits per heavy atom. The number of nitrogens with zero attached hydrogens (tertiary/aromatic N) is 3. The molecule has 1 N–H and O–H groups in total. The van der Waals surface area contributed by atoms with Crippen LogP contribution in [0.1, 0.15) is 90.4 Å². The molecule has 6 heteroatoms. The Hall–Kier alpha value is -1.30. The average Bonchev–Trinajstić information content (AvgIpc) is 3.09. The zero-order valence-corrected chi connectivity index (χ0v) is 21.7. The van der Waals surface area contributed by atoms with Crippen LogP contribution in [0.3, 0.4) is 0 Å². The van der Waals surface area contributed by atoms with Crippen molar-refractivity contribution in [2.24, 2.45) is 0 Å². The fourth-order valence-corrected chi connectivity index (χ4v) is 4.92. The number of hydrogen-bond acceptors (Lipinski definition) is 3. The van der Waals surface area contributed by atoms with E-state index in [0.717, 1.165) is 37.2 Å². The summed E-state index contributed by atoms with van der Waals surface area (Å²) in [6, 6.07) is 8.40. The van der Waals surface area contributed by atoms with Gasteiger partial charge in [0.1, 0.15) is 6.73 Å². The number of rotatable bonds is 16. The standard InChI is InChI=1S/C27H46N4O.ClH/c1-2-3-4-5-6-7-8-9-10-16-23-32-24-31-26-18-13-12-17-25(26)30(27(31)28)22-21-29-19-14-11-15-20-29;/h12-13,17-18,28H,2-11,14-16,19-24H2,1H3;1H. The smallest absolute Gasteiger partial charge is 0.204 e. The number of nitrogens with one attached hydrogen (secondary N) is 1. The second kappa shape index (κ2) is 16.3. The minimum atomic E-state index is 0. The molecule has 0 saturated carbocycles. The van der Waals surface area contributed by atoms with Crippen LogP contribution in [0.5, 0.6) is 0 Å². The predicted molar refractivity (Wildman–Crippen MR) is 141 cm³/mol. The van der Waals surface area contributed by atoms with E-state index in [2.05, 4.69) is 40.7 Å². The van der Waals surface area contributed by atoms with Crippen molar-refractivity contribution in [1.82, 2.24) is 14.0 Å². The minimum absolute atomic E-state index is 0. The van der Waals surface area contributed by atoms with Crippen LogP contribution < -0.4 is 5.62 Å². The van der Waals surface area contributed by atoms with E-state index in [1.165, 1.54) is 90.1 Å². The minimum Gasteiger partial charge on any atom is -0.361 e. The Balaban J connectivity index is 0.00000385. The van der Waals surface area contributed by atoms with E-state index >= 15 is 0 Å². The number of ether oxygens (including phenoxy) is 1. The van der Waals surface area contributed by atoms with Gasteiger partial charge in [0.25, 0.3) is 0 Å². The van der Waals surface area contributed by atoms with E-state index < -0.39 is 0 Å². The summed E-state index contributed by atoms with van der Waals surface area (Å²) in [4.78, 5) is 2.55. The van der Waals surface area contributed by atoms with Gasteiger partial charge in [-0.3, -0.25) is 9.98 Å². The van der Waals surface area contributed by atoms with Crippen LogP contribution in [0.15, 0.2) is 24.3 Å². The van der Waals surface area contributed by atoms with Crippen LogP contribution >= 0.6 is 12.4 Å². The number of halogens is 1. The van der Waals surface area contributed by atoms with Gasteiger partial charge < -0.3 is 14.2 Å². The molecule has 1 aromatic heterocycles. The normalized spacial score (nSPS) is 14.6. The molecule has 0 aliphatic carbocycles. The van der Waals surface area contributed by atoms with Crippen LogP contribution in [0.25, 0.3) is 11.0 Å². The molecule has 188 valence electrons. The third-order valence-corrected chi connectivity index (χ3v) is 6.93. The van der Waals surface area contributed by atoms with Crippen molar-refractivity contribution in [3.63, 3.8) is 0 Å². The highest BCUT2D eigenvalue weighted by atomic mass is 35.5. The third kappa shape index (κ3) is 9.11. The average molecular weight is 479 g/mol. The number of benzene rings is 1. The van der Waals surface area contributed by atoms with Gasteiger partial charge in [0.2, 0.25) is 5.62 Å². The highest BCUT2D eigenvalue weighted by Gasteiger charge is 2.13. The first-order valence-electron chi connectivity index (χ1n) is 13.3. The van der Waals surface area contributed by atoms with E-state index in [1.807, 2.05) is 4.57 Å². The van der Waals surface area contributed by atoms with Gasteiger partial charge in [0, 0.05) is 19.7 Å². The summed E-state index contributed by atoms with van der Waals surface area (Å²) in [7, 11) is 0. The molecular formula is C27H47ClN4O. The topological polar surface area (TPSA) is 46.2 Å². The molecule has 0 atom stereocenters. The Bertz CT molecular complexity index is 825. The number of imidazole rings is 1. The lowest BCUT2D eigenvalue weighted by molar-refractivity contribution is 0.0728. The quantitative estimate of drug-likeness (QED) is 0.272. The molecule has 0 spiro atoms. The van der Waals surface area contributed by atoms with Crippen LogP contribution in [0, 0.1) is 5.41 Å². The molecule has 1 aliphatic heterocycles. The van der Waals surface area contributed by atoms with E-state index in [0.29, 0.717) is 12.3 Å². The lowest BCUT2D eigenvalue weighted by atomic mass is 10.1. The Morgan fingerprint density at radius 3 is 1.97 bits per heavy atom. The van der Waals surface area contributed by atoms with Crippen molar-refractivity contribution in [2.75, 3.05) is 26.2 Å². The maximum atomic E-state index is 8.77. The van der Waals surface area contributed by atoms with Crippen molar-refractivity contribution in [3.05, 3.63) is 29.9 Å². The lowest BCUT2D eigenvalue weighted by Gasteiger charge is -2.26. The number of aromatic nitrogens is 2. The number of fused-ring (bicyclic) bond motifs is 1.